The van der Waals surface area contributed by atoms with Crippen molar-refractivity contribution in [3.8, 4) is 0 Å². The topological polar surface area (TPSA) is 29.1 Å². The van der Waals surface area contributed by atoms with E-state index in [2.05, 4.69) is 46.9 Å². The summed E-state index contributed by atoms with van der Waals surface area (Å²) in [6.45, 7) is 14.4. The first-order valence-corrected chi connectivity index (χ1v) is 9.58. The van der Waals surface area contributed by atoms with Gasteiger partial charge in [-0.1, -0.05) is 59.6 Å². The molecule has 0 saturated carbocycles. The van der Waals surface area contributed by atoms with E-state index in [4.69, 9.17) is 11.6 Å². The molecule has 1 aromatic carbocycles. The van der Waals surface area contributed by atoms with Gasteiger partial charge in [0, 0.05) is 17.1 Å². The molecule has 1 atom stereocenters. The van der Waals surface area contributed by atoms with Crippen molar-refractivity contribution in [2.24, 2.45) is 23.2 Å². The molecule has 0 aliphatic heterocycles. The summed E-state index contributed by atoms with van der Waals surface area (Å²) in [7, 11) is 0. The molecule has 0 bridgehead atoms. The zero-order valence-corrected chi connectivity index (χ0v) is 16.9. The zero-order valence-electron chi connectivity index (χ0n) is 16.2. The number of carbonyl (C=O) groups excluding carboxylic acids is 1. The average molecular weight is 352 g/mol. The summed E-state index contributed by atoms with van der Waals surface area (Å²) in [6, 6.07) is 7.09. The smallest absolute Gasteiger partial charge is 0.251 e. The normalized spacial score (nSPS) is 14.2. The van der Waals surface area contributed by atoms with Crippen LogP contribution in [0.2, 0.25) is 5.02 Å². The van der Waals surface area contributed by atoms with E-state index in [0.29, 0.717) is 28.3 Å². The van der Waals surface area contributed by atoms with Gasteiger partial charge < -0.3 is 5.32 Å². The minimum Gasteiger partial charge on any atom is -0.351 e. The second-order valence-corrected chi connectivity index (χ2v) is 8.67. The molecular weight excluding hydrogens is 318 g/mol. The van der Waals surface area contributed by atoms with Crippen molar-refractivity contribution in [3.63, 3.8) is 0 Å². The van der Waals surface area contributed by atoms with Crippen LogP contribution in [0.5, 0.6) is 0 Å². The van der Waals surface area contributed by atoms with Gasteiger partial charge in [-0.25, -0.2) is 0 Å². The second-order valence-electron chi connectivity index (χ2n) is 8.24. The molecule has 0 aliphatic rings. The summed E-state index contributed by atoms with van der Waals surface area (Å²) >= 11 is 5.90. The SMILES string of the molecule is CC(C)CCC(CNC(=O)c1ccc(Cl)cc1)(CC(C)C)C(C)C. The van der Waals surface area contributed by atoms with Crippen LogP contribution in [-0.4, -0.2) is 12.5 Å². The molecule has 1 aromatic rings. The van der Waals surface area contributed by atoms with Crippen LogP contribution in [0.25, 0.3) is 0 Å². The molecule has 0 aromatic heterocycles. The Morgan fingerprint density at radius 2 is 1.62 bits per heavy atom. The Labute approximate surface area is 153 Å². The third kappa shape index (κ3) is 6.47. The molecule has 24 heavy (non-hydrogen) atoms. The number of nitrogens with one attached hydrogen (secondary N) is 1. The van der Waals surface area contributed by atoms with Gasteiger partial charge in [-0.3, -0.25) is 4.79 Å². The van der Waals surface area contributed by atoms with Crippen LogP contribution in [0, 0.1) is 23.2 Å². The maximum absolute atomic E-state index is 12.5. The molecule has 136 valence electrons. The minimum absolute atomic E-state index is 0.00926. The largest absolute Gasteiger partial charge is 0.351 e. The van der Waals surface area contributed by atoms with Crippen LogP contribution in [0.4, 0.5) is 0 Å². The van der Waals surface area contributed by atoms with Crippen molar-refractivity contribution >= 4 is 17.5 Å². The summed E-state index contributed by atoms with van der Waals surface area (Å²) in [5.74, 6) is 1.82. The quantitative estimate of drug-likeness (QED) is 0.564. The third-order valence-electron chi connectivity index (χ3n) is 4.97. The van der Waals surface area contributed by atoms with E-state index in [1.54, 1.807) is 24.3 Å². The maximum atomic E-state index is 12.5. The maximum Gasteiger partial charge on any atom is 0.251 e. The molecule has 0 aliphatic carbocycles. The molecule has 2 nitrogen and oxygen atoms in total. The molecule has 1 unspecified atom stereocenters. The first-order chi connectivity index (χ1) is 11.2. The predicted octanol–water partition coefficient (Wildman–Crippen LogP) is 6.19. The minimum atomic E-state index is -0.00926. The van der Waals surface area contributed by atoms with Crippen molar-refractivity contribution in [2.75, 3.05) is 6.54 Å². The van der Waals surface area contributed by atoms with Gasteiger partial charge in [0.05, 0.1) is 0 Å². The van der Waals surface area contributed by atoms with Gasteiger partial charge in [-0.15, -0.1) is 0 Å². The van der Waals surface area contributed by atoms with Gasteiger partial charge in [-0.05, 0) is 60.3 Å². The van der Waals surface area contributed by atoms with Crippen LogP contribution in [0.1, 0.15) is 71.2 Å². The molecular formula is C21H34ClNO. The Hall–Kier alpha value is -1.02. The number of carbonyl (C=O) groups is 1. The number of amides is 1. The van der Waals surface area contributed by atoms with Gasteiger partial charge in [-0.2, -0.15) is 0 Å². The number of hydrogen-bond acceptors (Lipinski definition) is 1. The average Bonchev–Trinajstić information content (AvgIpc) is 2.49. The lowest BCUT2D eigenvalue weighted by molar-refractivity contribution is 0.0843. The molecule has 1 N–H and O–H groups in total. The van der Waals surface area contributed by atoms with E-state index in [1.807, 2.05) is 0 Å². The Morgan fingerprint density at radius 3 is 2.08 bits per heavy atom. The van der Waals surface area contributed by atoms with E-state index in [9.17, 15) is 4.79 Å². The third-order valence-corrected chi connectivity index (χ3v) is 5.22. The van der Waals surface area contributed by atoms with Crippen molar-refractivity contribution in [1.29, 1.82) is 0 Å². The Morgan fingerprint density at radius 1 is 1.04 bits per heavy atom. The summed E-state index contributed by atoms with van der Waals surface area (Å²) in [6.07, 6.45) is 3.49. The monoisotopic (exact) mass is 351 g/mol. The van der Waals surface area contributed by atoms with Crippen molar-refractivity contribution < 1.29 is 4.79 Å². The van der Waals surface area contributed by atoms with Crippen molar-refractivity contribution in [3.05, 3.63) is 34.9 Å². The fourth-order valence-corrected chi connectivity index (χ4v) is 3.47. The number of hydrogen-bond donors (Lipinski definition) is 1. The fraction of sp³-hybridized carbons (Fsp3) is 0.667. The molecule has 0 radical (unpaired) electrons. The first kappa shape index (κ1) is 21.0. The standard InChI is InChI=1S/C21H34ClNO/c1-15(2)11-12-21(17(5)6,13-16(3)4)14-23-20(24)18-7-9-19(22)10-8-18/h7-10,15-17H,11-14H2,1-6H3,(H,23,24). The van der Waals surface area contributed by atoms with E-state index in [-0.39, 0.29) is 11.3 Å². The van der Waals surface area contributed by atoms with Crippen LogP contribution < -0.4 is 5.32 Å². The van der Waals surface area contributed by atoms with Crippen molar-refractivity contribution in [2.45, 2.75) is 60.8 Å². The van der Waals surface area contributed by atoms with Crippen LogP contribution in [0.3, 0.4) is 0 Å². The van der Waals surface area contributed by atoms with Crippen LogP contribution in [-0.2, 0) is 0 Å². The van der Waals surface area contributed by atoms with Crippen LogP contribution in [0.15, 0.2) is 24.3 Å². The van der Waals surface area contributed by atoms with Gasteiger partial charge in [0.25, 0.3) is 5.91 Å². The Bertz CT molecular complexity index is 507. The van der Waals surface area contributed by atoms with Gasteiger partial charge in [0.2, 0.25) is 0 Å². The van der Waals surface area contributed by atoms with E-state index in [1.165, 1.54) is 6.42 Å². The molecule has 3 heteroatoms. The highest BCUT2D eigenvalue weighted by molar-refractivity contribution is 6.30. The summed E-state index contributed by atoms with van der Waals surface area (Å²) in [4.78, 5) is 12.5. The number of benzene rings is 1. The number of rotatable bonds is 9. The molecule has 0 saturated heterocycles. The molecule has 1 amide bonds. The summed E-state index contributed by atoms with van der Waals surface area (Å²) < 4.78 is 0. The Balaban J connectivity index is 2.85. The second kappa shape index (κ2) is 9.46. The summed E-state index contributed by atoms with van der Waals surface area (Å²) in [5, 5.41) is 3.84. The molecule has 0 spiro atoms. The summed E-state index contributed by atoms with van der Waals surface area (Å²) in [5.41, 5.74) is 0.825. The highest BCUT2D eigenvalue weighted by Crippen LogP contribution is 2.39. The lowest BCUT2D eigenvalue weighted by atomic mass is 9.68. The van der Waals surface area contributed by atoms with E-state index >= 15 is 0 Å². The van der Waals surface area contributed by atoms with Gasteiger partial charge >= 0.3 is 0 Å². The highest BCUT2D eigenvalue weighted by atomic mass is 35.5. The van der Waals surface area contributed by atoms with E-state index in [0.717, 1.165) is 19.4 Å². The van der Waals surface area contributed by atoms with Gasteiger partial charge in [0.1, 0.15) is 0 Å². The zero-order chi connectivity index (χ0) is 18.3. The molecule has 0 heterocycles. The lowest BCUT2D eigenvalue weighted by Gasteiger charge is -2.40. The molecule has 0 fully saturated rings. The van der Waals surface area contributed by atoms with Gasteiger partial charge in [0.15, 0.2) is 0 Å². The van der Waals surface area contributed by atoms with E-state index < -0.39 is 0 Å². The Kier molecular flexibility index (Phi) is 8.29. The first-order valence-electron chi connectivity index (χ1n) is 9.20. The lowest BCUT2D eigenvalue weighted by Crippen LogP contribution is -2.42. The predicted molar refractivity (Wildman–Crippen MR) is 105 cm³/mol. The highest BCUT2D eigenvalue weighted by Gasteiger charge is 2.34. The van der Waals surface area contributed by atoms with Crippen molar-refractivity contribution in [1.82, 2.24) is 5.32 Å². The number of halogens is 1. The molecule has 1 rings (SSSR count). The fourth-order valence-electron chi connectivity index (χ4n) is 3.34. The van der Waals surface area contributed by atoms with Crippen LogP contribution >= 0.6 is 11.6 Å².